The molecule has 2 aromatic carbocycles. The maximum absolute atomic E-state index is 13.7. The summed E-state index contributed by atoms with van der Waals surface area (Å²) >= 11 is 0. The summed E-state index contributed by atoms with van der Waals surface area (Å²) in [5.74, 6) is 0.168. The number of para-hydroxylation sites is 1. The summed E-state index contributed by atoms with van der Waals surface area (Å²) in [7, 11) is -3.86. The number of sulfonamides is 1. The fourth-order valence-corrected chi connectivity index (χ4v) is 7.54. The lowest BCUT2D eigenvalue weighted by molar-refractivity contribution is -0.134. The van der Waals surface area contributed by atoms with Crippen LogP contribution in [0.25, 0.3) is 0 Å². The van der Waals surface area contributed by atoms with Crippen LogP contribution >= 0.6 is 0 Å². The van der Waals surface area contributed by atoms with E-state index in [0.29, 0.717) is 30.6 Å². The number of amidine groups is 1. The highest BCUT2D eigenvalue weighted by atomic mass is 32.2. The first kappa shape index (κ1) is 20.1. The number of hydrogen-bond donors (Lipinski definition) is 1. The van der Waals surface area contributed by atoms with Crippen molar-refractivity contribution in [3.05, 3.63) is 59.9 Å². The number of nitrogens with zero attached hydrogens (tertiary/aromatic N) is 2. The van der Waals surface area contributed by atoms with Crippen LogP contribution < -0.4 is 5.32 Å². The van der Waals surface area contributed by atoms with Gasteiger partial charge in [0.2, 0.25) is 0 Å². The van der Waals surface area contributed by atoms with Gasteiger partial charge in [0, 0.05) is 25.0 Å². The molecule has 2 aliphatic carbocycles. The lowest BCUT2D eigenvalue weighted by Crippen LogP contribution is -2.58. The van der Waals surface area contributed by atoms with Gasteiger partial charge in [0.1, 0.15) is 22.3 Å². The Morgan fingerprint density at radius 3 is 2.62 bits per heavy atom. The van der Waals surface area contributed by atoms with Crippen LogP contribution in [0.5, 0.6) is 0 Å². The first-order valence-electron chi connectivity index (χ1n) is 11.1. The van der Waals surface area contributed by atoms with E-state index < -0.39 is 15.9 Å². The van der Waals surface area contributed by atoms with Gasteiger partial charge in [0.05, 0.1) is 11.6 Å². The fourth-order valence-electron chi connectivity index (χ4n) is 6.37. The number of likely N-dealkylation sites (tertiary alicyclic amines) is 1. The highest BCUT2D eigenvalue weighted by Crippen LogP contribution is 2.53. The molecule has 0 radical (unpaired) electrons. The molecule has 0 aromatic heterocycles. The number of carbonyl (C=O) groups excluding carboxylic acids is 1. The van der Waals surface area contributed by atoms with E-state index >= 15 is 0 Å². The Morgan fingerprint density at radius 2 is 1.81 bits per heavy atom. The summed E-state index contributed by atoms with van der Waals surface area (Å²) in [4.78, 5) is 16.1. The van der Waals surface area contributed by atoms with E-state index in [2.05, 4.69) is 14.6 Å². The Labute approximate surface area is 186 Å². The first-order chi connectivity index (χ1) is 15.4. The maximum Gasteiger partial charge on any atom is 0.286 e. The van der Waals surface area contributed by atoms with Crippen molar-refractivity contribution in [3.8, 4) is 0 Å². The summed E-state index contributed by atoms with van der Waals surface area (Å²) in [5, 5.41) is 3.14. The van der Waals surface area contributed by atoms with E-state index in [1.165, 1.54) is 18.2 Å². The van der Waals surface area contributed by atoms with Crippen molar-refractivity contribution < 1.29 is 17.6 Å². The molecule has 0 amide bonds. The molecule has 6 rings (SSSR count). The van der Waals surface area contributed by atoms with Crippen molar-refractivity contribution in [2.45, 2.75) is 36.7 Å². The van der Waals surface area contributed by atoms with Gasteiger partial charge in [0.15, 0.2) is 0 Å². The minimum absolute atomic E-state index is 0.0997. The number of piperidine rings is 1. The van der Waals surface area contributed by atoms with Crippen LogP contribution in [-0.4, -0.2) is 37.5 Å². The molecule has 2 saturated carbocycles. The largest absolute Gasteiger partial charge is 0.341 e. The summed E-state index contributed by atoms with van der Waals surface area (Å²) < 4.78 is 43.1. The van der Waals surface area contributed by atoms with Gasteiger partial charge in [-0.15, -0.1) is 4.40 Å². The van der Waals surface area contributed by atoms with Crippen LogP contribution in [0.4, 0.5) is 10.1 Å². The van der Waals surface area contributed by atoms with E-state index in [1.807, 2.05) is 0 Å². The molecular weight excluding hydrogens is 429 g/mol. The van der Waals surface area contributed by atoms with E-state index in [1.54, 1.807) is 30.3 Å². The zero-order valence-corrected chi connectivity index (χ0v) is 18.3. The third-order valence-corrected chi connectivity index (χ3v) is 9.01. The molecule has 2 heterocycles. The number of halogens is 1. The second-order valence-corrected chi connectivity index (χ2v) is 11.0. The third-order valence-electron chi connectivity index (χ3n) is 7.66. The van der Waals surface area contributed by atoms with Crippen molar-refractivity contribution in [1.29, 1.82) is 0 Å². The number of fused-ring (bicyclic) bond motifs is 6. The summed E-state index contributed by atoms with van der Waals surface area (Å²) in [6.07, 6.45) is 3.23. The summed E-state index contributed by atoms with van der Waals surface area (Å²) in [6, 6.07) is 13.3. The molecule has 32 heavy (non-hydrogen) atoms. The van der Waals surface area contributed by atoms with Gasteiger partial charge in [-0.2, -0.15) is 8.42 Å². The Kier molecular flexibility index (Phi) is 4.52. The molecule has 166 valence electrons. The molecule has 5 atom stereocenters. The molecule has 8 heteroatoms. The number of benzene rings is 2. The Hall–Kier alpha value is -2.58. The average Bonchev–Trinajstić information content (AvgIpc) is 3.39. The van der Waals surface area contributed by atoms with Crippen molar-refractivity contribution >= 4 is 27.3 Å². The zero-order chi connectivity index (χ0) is 22.0. The molecule has 2 bridgehead atoms. The number of Topliss-reactive ketones (excluding diaryl/α,β-unsaturated/α-hetero) is 1. The van der Waals surface area contributed by atoms with Crippen LogP contribution in [0.2, 0.25) is 0 Å². The molecule has 1 saturated heterocycles. The van der Waals surface area contributed by atoms with Crippen molar-refractivity contribution in [2.75, 3.05) is 11.9 Å². The maximum atomic E-state index is 13.7. The van der Waals surface area contributed by atoms with Crippen molar-refractivity contribution in [3.63, 3.8) is 0 Å². The van der Waals surface area contributed by atoms with Crippen molar-refractivity contribution in [2.24, 2.45) is 28.1 Å². The number of hydrogen-bond acceptors (Lipinski definition) is 5. The molecule has 0 spiro atoms. The SMILES string of the molecule is O=C1C(C2=NS(=O)(=O)c3ccccc3N2)CN(Cc2ccc(F)cc2)C2C1[C@H]1CC[C@@H]2C1. The molecule has 3 unspecified atom stereocenters. The van der Waals surface area contributed by atoms with Crippen LogP contribution in [-0.2, 0) is 21.4 Å². The molecule has 1 N–H and O–H groups in total. The normalized spacial score (nSPS) is 32.7. The number of nitrogens with one attached hydrogen (secondary N) is 1. The minimum Gasteiger partial charge on any atom is -0.341 e. The standard InChI is InChI=1S/C24H24FN3O3S/c25-17-9-5-14(6-10-17)12-28-13-18(23(29)21-15-7-8-16(11-15)22(21)28)24-26-19-3-1-2-4-20(19)32(30,31)27-24/h1-6,9-10,15-16,18,21-22H,7-8,11-13H2,(H,26,27)/t15-,16+,18?,21?,22?/m0/s1. The minimum atomic E-state index is -3.86. The highest BCUT2D eigenvalue weighted by molar-refractivity contribution is 7.90. The van der Waals surface area contributed by atoms with Gasteiger partial charge in [-0.3, -0.25) is 9.69 Å². The zero-order valence-electron chi connectivity index (χ0n) is 17.4. The molecule has 4 aliphatic rings. The monoisotopic (exact) mass is 453 g/mol. The van der Waals surface area contributed by atoms with Gasteiger partial charge >= 0.3 is 0 Å². The van der Waals surface area contributed by atoms with Gasteiger partial charge in [-0.25, -0.2) is 4.39 Å². The topological polar surface area (TPSA) is 78.8 Å². The Morgan fingerprint density at radius 1 is 1.06 bits per heavy atom. The van der Waals surface area contributed by atoms with E-state index in [4.69, 9.17) is 0 Å². The highest BCUT2D eigenvalue weighted by Gasteiger charge is 2.57. The molecule has 2 aromatic rings. The Balaban J connectivity index is 1.36. The quantitative estimate of drug-likeness (QED) is 0.770. The van der Waals surface area contributed by atoms with Crippen LogP contribution in [0.15, 0.2) is 57.8 Å². The first-order valence-corrected chi connectivity index (χ1v) is 12.6. The van der Waals surface area contributed by atoms with E-state index in [0.717, 1.165) is 24.8 Å². The molecule has 2 aliphatic heterocycles. The molecular formula is C24H24FN3O3S. The van der Waals surface area contributed by atoms with Gasteiger partial charge in [0.25, 0.3) is 10.0 Å². The number of anilines is 1. The lowest BCUT2D eigenvalue weighted by Gasteiger charge is -2.46. The smallest absolute Gasteiger partial charge is 0.286 e. The van der Waals surface area contributed by atoms with E-state index in [-0.39, 0.29) is 34.3 Å². The molecule has 6 nitrogen and oxygen atoms in total. The van der Waals surface area contributed by atoms with E-state index in [9.17, 15) is 17.6 Å². The summed E-state index contributed by atoms with van der Waals surface area (Å²) in [5.41, 5.74) is 1.45. The van der Waals surface area contributed by atoms with Gasteiger partial charge in [-0.1, -0.05) is 24.3 Å². The summed E-state index contributed by atoms with van der Waals surface area (Å²) in [6.45, 7) is 1.01. The molecule has 3 fully saturated rings. The lowest BCUT2D eigenvalue weighted by atomic mass is 9.73. The second kappa shape index (κ2) is 7.22. The van der Waals surface area contributed by atoms with Crippen LogP contribution in [0.1, 0.15) is 24.8 Å². The number of ketones is 1. The number of carbonyl (C=O) groups is 1. The van der Waals surface area contributed by atoms with Crippen LogP contribution in [0, 0.1) is 29.5 Å². The third kappa shape index (κ3) is 3.11. The second-order valence-electron chi connectivity index (χ2n) is 9.43. The Bertz CT molecular complexity index is 1230. The van der Waals surface area contributed by atoms with Crippen LogP contribution in [0.3, 0.4) is 0 Å². The predicted molar refractivity (Wildman–Crippen MR) is 118 cm³/mol. The van der Waals surface area contributed by atoms with Crippen molar-refractivity contribution in [1.82, 2.24) is 4.90 Å². The van der Waals surface area contributed by atoms with Gasteiger partial charge in [-0.05, 0) is 60.9 Å². The van der Waals surface area contributed by atoms with Gasteiger partial charge < -0.3 is 5.32 Å². The predicted octanol–water partition coefficient (Wildman–Crippen LogP) is 3.45. The number of rotatable bonds is 3. The average molecular weight is 454 g/mol. The fraction of sp³-hybridized carbons (Fsp3) is 0.417.